The molecule has 0 aliphatic heterocycles. The molecule has 10 heavy (non-hydrogen) atoms. The Labute approximate surface area is 60.4 Å². The molecule has 0 saturated carbocycles. The second-order valence-corrected chi connectivity index (χ2v) is 2.16. The van der Waals surface area contributed by atoms with Gasteiger partial charge in [0.2, 0.25) is 5.91 Å². The van der Waals surface area contributed by atoms with Crippen molar-refractivity contribution in [3.63, 3.8) is 0 Å². The molecule has 0 heterocycles. The minimum atomic E-state index is -0.806. The van der Waals surface area contributed by atoms with Crippen LogP contribution in [0.5, 0.6) is 0 Å². The van der Waals surface area contributed by atoms with Crippen LogP contribution in [0.25, 0.3) is 0 Å². The molecular formula is C6H14N2O2. The molecule has 4 N–H and O–H groups in total. The van der Waals surface area contributed by atoms with Crippen LogP contribution >= 0.6 is 0 Å². The Morgan fingerprint density at radius 3 is 2.60 bits per heavy atom. The van der Waals surface area contributed by atoms with E-state index >= 15 is 0 Å². The van der Waals surface area contributed by atoms with Gasteiger partial charge in [-0.05, 0) is 13.8 Å². The first-order valence-electron chi connectivity index (χ1n) is 3.31. The number of nitrogens with one attached hydrogen (secondary N) is 1. The van der Waals surface area contributed by atoms with Crippen LogP contribution in [0, 0.1) is 0 Å². The number of carbonyl (C=O) groups excluding carboxylic acids is 1. The van der Waals surface area contributed by atoms with E-state index in [0.29, 0.717) is 6.54 Å². The molecule has 0 aromatic carbocycles. The molecular weight excluding hydrogens is 132 g/mol. The van der Waals surface area contributed by atoms with E-state index in [1.165, 1.54) is 6.92 Å². The van der Waals surface area contributed by atoms with Crippen molar-refractivity contribution < 1.29 is 9.90 Å². The first kappa shape index (κ1) is 9.39. The van der Waals surface area contributed by atoms with Gasteiger partial charge in [-0.1, -0.05) is 0 Å². The van der Waals surface area contributed by atoms with E-state index < -0.39 is 12.1 Å². The molecule has 0 rings (SSSR count). The lowest BCUT2D eigenvalue weighted by molar-refractivity contribution is -0.124. The van der Waals surface area contributed by atoms with Crippen molar-refractivity contribution in [2.75, 3.05) is 6.54 Å². The molecule has 0 saturated heterocycles. The normalized spacial score (nSPS) is 16.0. The van der Waals surface area contributed by atoms with Gasteiger partial charge in [0.1, 0.15) is 6.04 Å². The number of likely N-dealkylation sites (N-methyl/N-ethyl adjacent to an activating group) is 1. The van der Waals surface area contributed by atoms with E-state index in [4.69, 9.17) is 10.8 Å². The second kappa shape index (κ2) is 4.24. The maximum atomic E-state index is 10.8. The summed E-state index contributed by atoms with van der Waals surface area (Å²) in [4.78, 5) is 10.8. The average molecular weight is 146 g/mol. The first-order valence-corrected chi connectivity index (χ1v) is 3.31. The Morgan fingerprint density at radius 1 is 1.80 bits per heavy atom. The van der Waals surface area contributed by atoms with Crippen molar-refractivity contribution in [3.8, 4) is 0 Å². The third-order valence-corrected chi connectivity index (χ3v) is 1.17. The van der Waals surface area contributed by atoms with E-state index in [0.717, 1.165) is 0 Å². The quantitative estimate of drug-likeness (QED) is 0.469. The first-order chi connectivity index (χ1) is 4.59. The van der Waals surface area contributed by atoms with Crippen molar-refractivity contribution >= 4 is 5.91 Å². The molecule has 0 fully saturated rings. The Kier molecular flexibility index (Phi) is 3.99. The van der Waals surface area contributed by atoms with Gasteiger partial charge < -0.3 is 16.2 Å². The summed E-state index contributed by atoms with van der Waals surface area (Å²) in [7, 11) is 0. The van der Waals surface area contributed by atoms with Gasteiger partial charge in [0, 0.05) is 6.54 Å². The molecule has 0 spiro atoms. The maximum Gasteiger partial charge on any atom is 0.239 e. The summed E-state index contributed by atoms with van der Waals surface area (Å²) in [6.07, 6.45) is -0.786. The number of rotatable bonds is 3. The van der Waals surface area contributed by atoms with Crippen LogP contribution in [-0.4, -0.2) is 29.7 Å². The Morgan fingerprint density at radius 2 is 2.30 bits per heavy atom. The van der Waals surface area contributed by atoms with Gasteiger partial charge in [0.15, 0.2) is 0 Å². The van der Waals surface area contributed by atoms with Gasteiger partial charge in [-0.2, -0.15) is 0 Å². The highest BCUT2D eigenvalue weighted by molar-refractivity contribution is 5.81. The smallest absolute Gasteiger partial charge is 0.239 e. The maximum absolute atomic E-state index is 10.8. The standard InChI is InChI=1S/C6H14N2O2/c1-3-8-6(10)5(7)4(2)9/h4-5,9H,3,7H2,1-2H3,(H,8,10)/t4-,5+/m0/s1. The van der Waals surface area contributed by atoms with E-state index in [1.807, 2.05) is 0 Å². The number of aliphatic hydroxyl groups excluding tert-OH is 1. The summed E-state index contributed by atoms with van der Waals surface area (Å²) >= 11 is 0. The topological polar surface area (TPSA) is 75.4 Å². The molecule has 0 aliphatic rings. The lowest BCUT2D eigenvalue weighted by Crippen LogP contribution is -2.47. The summed E-state index contributed by atoms with van der Waals surface area (Å²) in [5.41, 5.74) is 5.28. The fourth-order valence-corrected chi connectivity index (χ4v) is 0.511. The zero-order chi connectivity index (χ0) is 8.15. The monoisotopic (exact) mass is 146 g/mol. The summed E-state index contributed by atoms with van der Waals surface area (Å²) in [5.74, 6) is -0.308. The number of nitrogens with two attached hydrogens (primary N) is 1. The average Bonchev–Trinajstić information content (AvgIpc) is 1.87. The lowest BCUT2D eigenvalue weighted by Gasteiger charge is -2.12. The summed E-state index contributed by atoms with van der Waals surface area (Å²) in [6.45, 7) is 3.83. The van der Waals surface area contributed by atoms with Crippen molar-refractivity contribution in [1.29, 1.82) is 0 Å². The summed E-state index contributed by atoms with van der Waals surface area (Å²) < 4.78 is 0. The van der Waals surface area contributed by atoms with Gasteiger partial charge >= 0.3 is 0 Å². The molecule has 0 aromatic rings. The van der Waals surface area contributed by atoms with E-state index in [1.54, 1.807) is 6.92 Å². The number of hydrogen-bond acceptors (Lipinski definition) is 3. The Hall–Kier alpha value is -0.610. The third-order valence-electron chi connectivity index (χ3n) is 1.17. The van der Waals surface area contributed by atoms with Crippen molar-refractivity contribution in [2.24, 2.45) is 5.73 Å². The van der Waals surface area contributed by atoms with E-state index in [9.17, 15) is 4.79 Å². The zero-order valence-corrected chi connectivity index (χ0v) is 6.29. The number of carbonyl (C=O) groups is 1. The highest BCUT2D eigenvalue weighted by Crippen LogP contribution is 1.86. The van der Waals surface area contributed by atoms with Crippen molar-refractivity contribution in [3.05, 3.63) is 0 Å². The van der Waals surface area contributed by atoms with Crippen LogP contribution in [-0.2, 0) is 4.79 Å². The third kappa shape index (κ3) is 2.80. The van der Waals surface area contributed by atoms with Crippen LogP contribution in [0.15, 0.2) is 0 Å². The highest BCUT2D eigenvalue weighted by Gasteiger charge is 2.16. The van der Waals surface area contributed by atoms with Crippen molar-refractivity contribution in [1.82, 2.24) is 5.32 Å². The minimum Gasteiger partial charge on any atom is -0.391 e. The Balaban J connectivity index is 3.71. The van der Waals surface area contributed by atoms with Gasteiger partial charge in [-0.3, -0.25) is 4.79 Å². The van der Waals surface area contributed by atoms with Crippen LogP contribution in [0.1, 0.15) is 13.8 Å². The fraction of sp³-hybridized carbons (Fsp3) is 0.833. The molecule has 1 amide bonds. The van der Waals surface area contributed by atoms with E-state index in [2.05, 4.69) is 5.32 Å². The van der Waals surface area contributed by atoms with Gasteiger partial charge in [-0.15, -0.1) is 0 Å². The minimum absolute atomic E-state index is 0.308. The largest absolute Gasteiger partial charge is 0.391 e. The predicted molar refractivity (Wildman–Crippen MR) is 38.3 cm³/mol. The van der Waals surface area contributed by atoms with E-state index in [-0.39, 0.29) is 5.91 Å². The number of hydrogen-bond donors (Lipinski definition) is 3. The van der Waals surface area contributed by atoms with Crippen LogP contribution in [0.4, 0.5) is 0 Å². The zero-order valence-electron chi connectivity index (χ0n) is 6.29. The molecule has 0 aliphatic carbocycles. The molecule has 0 radical (unpaired) electrons. The number of aliphatic hydroxyl groups is 1. The van der Waals surface area contributed by atoms with Gasteiger partial charge in [0.05, 0.1) is 6.10 Å². The Bertz CT molecular complexity index is 114. The molecule has 4 nitrogen and oxygen atoms in total. The molecule has 60 valence electrons. The second-order valence-electron chi connectivity index (χ2n) is 2.16. The van der Waals surface area contributed by atoms with Gasteiger partial charge in [0.25, 0.3) is 0 Å². The predicted octanol–water partition coefficient (Wildman–Crippen LogP) is -1.17. The summed E-state index contributed by atoms with van der Waals surface area (Å²) in [5, 5.41) is 11.3. The summed E-state index contributed by atoms with van der Waals surface area (Å²) in [6, 6.07) is -0.806. The molecule has 0 unspecified atom stereocenters. The van der Waals surface area contributed by atoms with Crippen LogP contribution in [0.2, 0.25) is 0 Å². The number of amides is 1. The SMILES string of the molecule is CCNC(=O)[C@H](N)[C@H](C)O. The van der Waals surface area contributed by atoms with Crippen LogP contribution < -0.4 is 11.1 Å². The fourth-order valence-electron chi connectivity index (χ4n) is 0.511. The van der Waals surface area contributed by atoms with Crippen LogP contribution in [0.3, 0.4) is 0 Å². The lowest BCUT2D eigenvalue weighted by atomic mass is 10.2. The molecule has 0 bridgehead atoms. The molecule has 2 atom stereocenters. The highest BCUT2D eigenvalue weighted by atomic mass is 16.3. The van der Waals surface area contributed by atoms with Gasteiger partial charge in [-0.25, -0.2) is 0 Å². The molecule has 4 heteroatoms. The van der Waals surface area contributed by atoms with Crippen molar-refractivity contribution in [2.45, 2.75) is 26.0 Å². The molecule has 0 aromatic heterocycles.